The van der Waals surface area contributed by atoms with E-state index in [1.807, 2.05) is 0 Å². The first-order valence-electron chi connectivity index (χ1n) is 10.1. The number of allylic oxidation sites excluding steroid dienone is 2. The molecule has 0 bridgehead atoms. The van der Waals surface area contributed by atoms with Gasteiger partial charge in [0, 0.05) is 18.8 Å². The normalized spacial score (nSPS) is 20.8. The Morgan fingerprint density at radius 2 is 1.92 bits per heavy atom. The molecule has 5 heteroatoms. The lowest BCUT2D eigenvalue weighted by atomic mass is 9.89. The van der Waals surface area contributed by atoms with Crippen LogP contribution in [0.15, 0.2) is 12.2 Å². The lowest BCUT2D eigenvalue weighted by molar-refractivity contribution is -0.209. The van der Waals surface area contributed by atoms with Crippen LogP contribution in [0, 0.1) is 11.8 Å². The minimum atomic E-state index is -2.40. The monoisotopic (exact) mass is 368 g/mol. The molecule has 0 unspecified atom stereocenters. The van der Waals surface area contributed by atoms with E-state index < -0.39 is 11.8 Å². The zero-order valence-corrected chi connectivity index (χ0v) is 16.4. The molecule has 150 valence electrons. The number of aliphatic hydroxyl groups is 2. The summed E-state index contributed by atoms with van der Waals surface area (Å²) in [7, 11) is 1.13. The van der Waals surface area contributed by atoms with Crippen LogP contribution in [0.4, 0.5) is 0 Å². The first-order chi connectivity index (χ1) is 12.4. The molecule has 2 N–H and O–H groups in total. The maximum atomic E-state index is 12.1. The van der Waals surface area contributed by atoms with Gasteiger partial charge >= 0.3 is 5.97 Å². The Morgan fingerprint density at radius 3 is 2.62 bits per heavy atom. The zero-order valence-electron chi connectivity index (χ0n) is 16.4. The molecule has 1 fully saturated rings. The zero-order chi connectivity index (χ0) is 19.4. The quantitative estimate of drug-likeness (QED) is 0.223. The number of Topliss-reactive ketones (excluding diaryl/α,β-unsaturated/α-hetero) is 1. The highest BCUT2D eigenvalue weighted by atomic mass is 16.6. The van der Waals surface area contributed by atoms with Gasteiger partial charge < -0.3 is 14.9 Å². The third kappa shape index (κ3) is 8.00. The first-order valence-corrected chi connectivity index (χ1v) is 10.1. The predicted octanol–water partition coefficient (Wildman–Crippen LogP) is 3.91. The van der Waals surface area contributed by atoms with Gasteiger partial charge in [0.15, 0.2) is 0 Å². The van der Waals surface area contributed by atoms with Crippen molar-refractivity contribution < 1.29 is 24.5 Å². The van der Waals surface area contributed by atoms with Crippen molar-refractivity contribution in [3.63, 3.8) is 0 Å². The number of carbonyl (C=O) groups is 2. The number of carbonyl (C=O) groups excluding carboxylic acids is 2. The van der Waals surface area contributed by atoms with Crippen LogP contribution < -0.4 is 0 Å². The molecule has 0 aromatic heterocycles. The largest absolute Gasteiger partial charge is 0.465 e. The summed E-state index contributed by atoms with van der Waals surface area (Å²) in [5, 5.41) is 19.1. The van der Waals surface area contributed by atoms with Crippen molar-refractivity contribution in [1.82, 2.24) is 0 Å². The van der Waals surface area contributed by atoms with Gasteiger partial charge in [0.2, 0.25) is 0 Å². The standard InChI is InChI=1S/C21H36O5/c1-3-4-5-6-7-9-12-17-14-15-19(22)18(17)13-10-8-11-16-21(24,25)20(23)26-2/h9,12,17-18,24-25H,3-8,10-11,13-16H2,1-2H3/b12-9-/t17-,18+/m0/s1. The Bertz CT molecular complexity index is 455. The van der Waals surface area contributed by atoms with E-state index in [0.717, 1.165) is 39.2 Å². The molecule has 0 aromatic rings. The second kappa shape index (κ2) is 12.2. The smallest absolute Gasteiger partial charge is 0.366 e. The molecule has 2 atom stereocenters. The molecule has 0 radical (unpaired) electrons. The van der Waals surface area contributed by atoms with Crippen molar-refractivity contribution in [2.45, 2.75) is 89.8 Å². The van der Waals surface area contributed by atoms with Gasteiger partial charge in [0.25, 0.3) is 5.79 Å². The van der Waals surface area contributed by atoms with Crippen LogP contribution in [0.1, 0.15) is 84.0 Å². The van der Waals surface area contributed by atoms with Crippen LogP contribution in [0.2, 0.25) is 0 Å². The summed E-state index contributed by atoms with van der Waals surface area (Å²) in [5.41, 5.74) is 0. The molecule has 1 saturated carbocycles. The van der Waals surface area contributed by atoms with Gasteiger partial charge in [-0.05, 0) is 38.0 Å². The van der Waals surface area contributed by atoms with Crippen LogP contribution in [0.5, 0.6) is 0 Å². The van der Waals surface area contributed by atoms with Gasteiger partial charge in [-0.1, -0.05) is 51.2 Å². The van der Waals surface area contributed by atoms with Gasteiger partial charge in [-0.15, -0.1) is 0 Å². The molecule has 0 saturated heterocycles. The van der Waals surface area contributed by atoms with E-state index >= 15 is 0 Å². The van der Waals surface area contributed by atoms with Crippen LogP contribution in [0.25, 0.3) is 0 Å². The number of rotatable bonds is 13. The van der Waals surface area contributed by atoms with E-state index in [0.29, 0.717) is 24.5 Å². The summed E-state index contributed by atoms with van der Waals surface area (Å²) < 4.78 is 4.36. The highest BCUT2D eigenvalue weighted by molar-refractivity contribution is 5.83. The minimum Gasteiger partial charge on any atom is -0.465 e. The molecule has 5 nitrogen and oxygen atoms in total. The fourth-order valence-corrected chi connectivity index (χ4v) is 3.68. The molecule has 0 aliphatic heterocycles. The van der Waals surface area contributed by atoms with Crippen molar-refractivity contribution in [1.29, 1.82) is 0 Å². The van der Waals surface area contributed by atoms with E-state index in [2.05, 4.69) is 23.8 Å². The SMILES string of the molecule is CCCCCC/C=C\[C@H]1CCC(=O)[C@@H]1CCCCCC(O)(O)C(=O)OC. The molecule has 26 heavy (non-hydrogen) atoms. The van der Waals surface area contributed by atoms with E-state index in [9.17, 15) is 19.8 Å². The summed E-state index contributed by atoms with van der Waals surface area (Å²) in [4.78, 5) is 23.3. The van der Waals surface area contributed by atoms with Crippen LogP contribution in [0.3, 0.4) is 0 Å². The summed E-state index contributed by atoms with van der Waals surface area (Å²) in [6.45, 7) is 2.21. The van der Waals surface area contributed by atoms with Gasteiger partial charge in [-0.2, -0.15) is 0 Å². The van der Waals surface area contributed by atoms with Crippen molar-refractivity contribution in [2.75, 3.05) is 7.11 Å². The van der Waals surface area contributed by atoms with E-state index in [1.54, 1.807) is 0 Å². The lowest BCUT2D eigenvalue weighted by Gasteiger charge is -2.19. The third-order valence-corrected chi connectivity index (χ3v) is 5.31. The second-order valence-corrected chi connectivity index (χ2v) is 7.46. The van der Waals surface area contributed by atoms with Gasteiger partial charge in [-0.3, -0.25) is 4.79 Å². The summed E-state index contributed by atoms with van der Waals surface area (Å²) >= 11 is 0. The van der Waals surface area contributed by atoms with Gasteiger partial charge in [-0.25, -0.2) is 4.79 Å². The van der Waals surface area contributed by atoms with Crippen LogP contribution >= 0.6 is 0 Å². The molecule has 1 aliphatic carbocycles. The summed E-state index contributed by atoms with van der Waals surface area (Å²) in [6, 6.07) is 0. The lowest BCUT2D eigenvalue weighted by Crippen LogP contribution is -2.39. The average molecular weight is 369 g/mol. The number of unbranched alkanes of at least 4 members (excludes halogenated alkanes) is 6. The first kappa shape index (κ1) is 22.8. The van der Waals surface area contributed by atoms with Crippen molar-refractivity contribution in [2.24, 2.45) is 11.8 Å². The molecular formula is C21H36O5. The molecular weight excluding hydrogens is 332 g/mol. The van der Waals surface area contributed by atoms with E-state index in [4.69, 9.17) is 0 Å². The van der Waals surface area contributed by atoms with Crippen LogP contribution in [-0.4, -0.2) is 34.9 Å². The van der Waals surface area contributed by atoms with Crippen molar-refractivity contribution in [3.05, 3.63) is 12.2 Å². The minimum absolute atomic E-state index is 0.0423. The molecule has 1 rings (SSSR count). The van der Waals surface area contributed by atoms with Gasteiger partial charge in [0.1, 0.15) is 5.78 Å². The topological polar surface area (TPSA) is 83.8 Å². The molecule has 0 aromatic carbocycles. The van der Waals surface area contributed by atoms with Crippen molar-refractivity contribution >= 4 is 11.8 Å². The third-order valence-electron chi connectivity index (χ3n) is 5.31. The Morgan fingerprint density at radius 1 is 1.19 bits per heavy atom. The highest BCUT2D eigenvalue weighted by Crippen LogP contribution is 2.34. The Kier molecular flexibility index (Phi) is 10.7. The Hall–Kier alpha value is -1.20. The maximum absolute atomic E-state index is 12.1. The number of ketones is 1. The molecule has 0 spiro atoms. The average Bonchev–Trinajstić information content (AvgIpc) is 2.97. The molecule has 0 amide bonds. The van der Waals surface area contributed by atoms with Crippen molar-refractivity contribution in [3.8, 4) is 0 Å². The van der Waals surface area contributed by atoms with E-state index in [1.165, 1.54) is 25.7 Å². The number of methoxy groups -OCH3 is 1. The second-order valence-electron chi connectivity index (χ2n) is 7.46. The molecule has 1 aliphatic rings. The fraction of sp³-hybridized carbons (Fsp3) is 0.810. The Balaban J connectivity index is 2.27. The fourth-order valence-electron chi connectivity index (χ4n) is 3.68. The highest BCUT2D eigenvalue weighted by Gasteiger charge is 2.34. The predicted molar refractivity (Wildman–Crippen MR) is 101 cm³/mol. The Labute approximate surface area is 157 Å². The summed E-state index contributed by atoms with van der Waals surface area (Å²) in [6.07, 6.45) is 15.2. The van der Waals surface area contributed by atoms with Gasteiger partial charge in [0.05, 0.1) is 7.11 Å². The summed E-state index contributed by atoms with van der Waals surface area (Å²) in [5.74, 6) is -2.60. The molecule has 0 heterocycles. The van der Waals surface area contributed by atoms with Crippen LogP contribution in [-0.2, 0) is 14.3 Å². The number of esters is 1. The van der Waals surface area contributed by atoms with E-state index in [-0.39, 0.29) is 12.3 Å². The number of hydrogen-bond donors (Lipinski definition) is 2. The number of ether oxygens (including phenoxy) is 1. The maximum Gasteiger partial charge on any atom is 0.366 e. The number of hydrogen-bond acceptors (Lipinski definition) is 5.